The Balaban J connectivity index is 1.81. The van der Waals surface area contributed by atoms with Crippen molar-refractivity contribution in [3.8, 4) is 5.75 Å². The number of aromatic hydroxyl groups is 1. The molecule has 2 aromatic rings. The first-order chi connectivity index (χ1) is 17.9. The van der Waals surface area contributed by atoms with Gasteiger partial charge in [-0.25, -0.2) is 0 Å². The molecule has 2 aromatic carbocycles. The van der Waals surface area contributed by atoms with Crippen molar-refractivity contribution in [2.45, 2.75) is 18.1 Å². The van der Waals surface area contributed by atoms with Gasteiger partial charge in [0.15, 0.2) is 11.4 Å². The molecule has 1 saturated carbocycles. The van der Waals surface area contributed by atoms with E-state index in [1.807, 2.05) is 0 Å². The van der Waals surface area contributed by atoms with E-state index in [-0.39, 0.29) is 28.0 Å². The van der Waals surface area contributed by atoms with Gasteiger partial charge in [-0.1, -0.05) is 30.3 Å². The molecular formula is C26H20N2O10. The first-order valence-electron chi connectivity index (χ1n) is 11.3. The molecule has 0 radical (unpaired) electrons. The number of nitro groups is 1. The lowest BCUT2D eigenvalue weighted by atomic mass is 9.56. The van der Waals surface area contributed by atoms with Crippen molar-refractivity contribution in [1.82, 2.24) is 0 Å². The number of ketones is 2. The topological polar surface area (TPSA) is 222 Å². The van der Waals surface area contributed by atoms with Crippen LogP contribution in [0.4, 0.5) is 5.69 Å². The molecule has 194 valence electrons. The number of phenolic OH excluding ortho intramolecular Hbond substituents is 1. The zero-order valence-electron chi connectivity index (χ0n) is 19.4. The highest BCUT2D eigenvalue weighted by molar-refractivity contribution is 6.23. The number of aliphatic hydroxyl groups is 4. The smallest absolute Gasteiger partial charge is 0.270 e. The van der Waals surface area contributed by atoms with Crippen molar-refractivity contribution in [3.05, 3.63) is 86.2 Å². The van der Waals surface area contributed by atoms with Crippen molar-refractivity contribution in [2.75, 3.05) is 0 Å². The number of carbonyl (C=O) groups is 3. The second-order valence-corrected chi connectivity index (χ2v) is 9.30. The molecule has 0 heterocycles. The normalized spacial score (nSPS) is 27.6. The van der Waals surface area contributed by atoms with Crippen molar-refractivity contribution < 1.29 is 44.8 Å². The van der Waals surface area contributed by atoms with Crippen molar-refractivity contribution in [2.24, 2.45) is 17.6 Å². The van der Waals surface area contributed by atoms with Crippen LogP contribution in [0.1, 0.15) is 23.1 Å². The van der Waals surface area contributed by atoms with Crippen LogP contribution in [0.2, 0.25) is 0 Å². The van der Waals surface area contributed by atoms with E-state index in [0.29, 0.717) is 0 Å². The maximum atomic E-state index is 13.8. The van der Waals surface area contributed by atoms with E-state index in [4.69, 9.17) is 5.73 Å². The largest absolute Gasteiger partial charge is 0.508 e. The van der Waals surface area contributed by atoms with Crippen LogP contribution in [0.5, 0.6) is 5.75 Å². The number of hydrogen-bond acceptors (Lipinski definition) is 10. The summed E-state index contributed by atoms with van der Waals surface area (Å²) in [6, 6.07) is 9.59. The molecule has 0 saturated heterocycles. The summed E-state index contributed by atoms with van der Waals surface area (Å²) in [4.78, 5) is 48.9. The fourth-order valence-corrected chi connectivity index (χ4v) is 5.60. The summed E-state index contributed by atoms with van der Waals surface area (Å²) in [5.74, 6) is -9.30. The summed E-state index contributed by atoms with van der Waals surface area (Å²) in [5.41, 5.74) is 0.760. The summed E-state index contributed by atoms with van der Waals surface area (Å²) in [7, 11) is 0. The molecule has 1 amide bonds. The zero-order chi connectivity index (χ0) is 27.7. The summed E-state index contributed by atoms with van der Waals surface area (Å²) in [6.07, 6.45) is -1.10. The van der Waals surface area contributed by atoms with Gasteiger partial charge in [-0.3, -0.25) is 24.5 Å². The van der Waals surface area contributed by atoms with Gasteiger partial charge in [0.1, 0.15) is 22.8 Å². The number of non-ortho nitro benzene ring substituents is 1. The Morgan fingerprint density at radius 3 is 2.47 bits per heavy atom. The van der Waals surface area contributed by atoms with E-state index in [9.17, 15) is 50.0 Å². The monoisotopic (exact) mass is 520 g/mol. The van der Waals surface area contributed by atoms with Gasteiger partial charge in [-0.15, -0.1) is 0 Å². The molecular weight excluding hydrogens is 500 g/mol. The Bertz CT molecular complexity index is 1570. The Labute approximate surface area is 213 Å². The molecule has 1 fully saturated rings. The van der Waals surface area contributed by atoms with Crippen LogP contribution in [0, 0.1) is 22.0 Å². The maximum absolute atomic E-state index is 13.8. The molecule has 7 N–H and O–H groups in total. The van der Waals surface area contributed by atoms with Crippen LogP contribution in [-0.4, -0.2) is 59.6 Å². The Hall–Kier alpha value is -4.81. The van der Waals surface area contributed by atoms with E-state index < -0.39 is 80.8 Å². The molecule has 4 atom stereocenters. The van der Waals surface area contributed by atoms with Gasteiger partial charge in [-0.2, -0.15) is 0 Å². The number of amides is 1. The molecule has 12 heteroatoms. The fourth-order valence-electron chi connectivity index (χ4n) is 5.60. The van der Waals surface area contributed by atoms with Crippen molar-refractivity contribution >= 4 is 40.6 Å². The van der Waals surface area contributed by atoms with Crippen LogP contribution in [0.25, 0.3) is 17.4 Å². The number of aliphatic hydroxyl groups excluding tert-OH is 3. The molecule has 0 bridgehead atoms. The number of nitro benzene ring substituents is 1. The molecule has 5 rings (SSSR count). The van der Waals surface area contributed by atoms with Crippen LogP contribution < -0.4 is 5.73 Å². The van der Waals surface area contributed by atoms with Gasteiger partial charge in [0.2, 0.25) is 5.78 Å². The third-order valence-corrected chi connectivity index (χ3v) is 7.30. The van der Waals surface area contributed by atoms with E-state index in [2.05, 4.69) is 0 Å². The van der Waals surface area contributed by atoms with Gasteiger partial charge >= 0.3 is 0 Å². The van der Waals surface area contributed by atoms with E-state index >= 15 is 0 Å². The molecule has 38 heavy (non-hydrogen) atoms. The number of nitrogens with zero attached hydrogens (tertiary/aromatic N) is 1. The number of nitrogens with two attached hydrogens (primary N) is 1. The highest BCUT2D eigenvalue weighted by Gasteiger charge is 2.64. The number of primary amides is 1. The molecule has 3 aliphatic rings. The van der Waals surface area contributed by atoms with Gasteiger partial charge in [0.05, 0.1) is 22.2 Å². The fraction of sp³-hybridized carbons (Fsp3) is 0.192. The third-order valence-electron chi connectivity index (χ3n) is 7.30. The minimum atomic E-state index is -2.98. The van der Waals surface area contributed by atoms with Gasteiger partial charge in [0, 0.05) is 30.4 Å². The van der Waals surface area contributed by atoms with Crippen molar-refractivity contribution in [3.63, 3.8) is 0 Å². The van der Waals surface area contributed by atoms with Gasteiger partial charge in [-0.05, 0) is 22.8 Å². The van der Waals surface area contributed by atoms with Crippen LogP contribution >= 0.6 is 0 Å². The van der Waals surface area contributed by atoms with E-state index in [1.165, 1.54) is 48.5 Å². The quantitative estimate of drug-likeness (QED) is 0.193. The van der Waals surface area contributed by atoms with Gasteiger partial charge in [0.25, 0.3) is 11.6 Å². The SMILES string of the molecule is NC(=O)C1=C(O)C2(O)C(=O)C3=C(O)c4c(O)cccc4C(=Cc4cccc([N+](=O)[O-])c4)C3C(O)C2CC1=O. The maximum Gasteiger partial charge on any atom is 0.270 e. The second-order valence-electron chi connectivity index (χ2n) is 9.30. The number of carbonyl (C=O) groups excluding carboxylic acids is 3. The first-order valence-corrected chi connectivity index (χ1v) is 11.3. The second kappa shape index (κ2) is 8.36. The lowest BCUT2D eigenvalue weighted by Gasteiger charge is -2.49. The molecule has 0 spiro atoms. The summed E-state index contributed by atoms with van der Waals surface area (Å²) in [6.45, 7) is 0. The first kappa shape index (κ1) is 24.9. The minimum absolute atomic E-state index is 0.142. The lowest BCUT2D eigenvalue weighted by molar-refractivity contribution is -0.384. The summed E-state index contributed by atoms with van der Waals surface area (Å²) in [5, 5.41) is 66.6. The molecule has 4 unspecified atom stereocenters. The standard InChI is InChI=1S/C26H20N2O10/c27-25(35)19-16(30)9-14-21(31)18-13(8-10-3-1-4-11(7-10)28(37)38)12-5-2-6-15(29)17(12)22(32)20(18)24(34)26(14,36)23(19)33/h1-8,14,18,21,29,31-33,36H,9H2,(H2,27,35). The average molecular weight is 520 g/mol. The number of phenols is 1. The summed E-state index contributed by atoms with van der Waals surface area (Å²) >= 11 is 0. The number of Topliss-reactive ketones (excluding diaryl/α,β-unsaturated/α-hetero) is 2. The predicted octanol–water partition coefficient (Wildman–Crippen LogP) is 1.30. The average Bonchev–Trinajstić information content (AvgIpc) is 2.86. The van der Waals surface area contributed by atoms with Crippen LogP contribution in [0.15, 0.2) is 59.4 Å². The number of rotatable bonds is 3. The zero-order valence-corrected chi connectivity index (χ0v) is 19.4. The third kappa shape index (κ3) is 3.27. The summed E-state index contributed by atoms with van der Waals surface area (Å²) < 4.78 is 0. The Morgan fingerprint density at radius 1 is 1.13 bits per heavy atom. The molecule has 12 nitrogen and oxygen atoms in total. The number of hydrogen-bond donors (Lipinski definition) is 6. The van der Waals surface area contributed by atoms with E-state index in [0.717, 1.165) is 0 Å². The predicted molar refractivity (Wildman–Crippen MR) is 130 cm³/mol. The Morgan fingerprint density at radius 2 is 1.82 bits per heavy atom. The number of benzene rings is 2. The molecule has 3 aliphatic carbocycles. The van der Waals surface area contributed by atoms with Gasteiger partial charge < -0.3 is 31.3 Å². The lowest BCUT2D eigenvalue weighted by Crippen LogP contribution is -2.63. The molecule has 0 aliphatic heterocycles. The number of fused-ring (bicyclic) bond motifs is 3. The van der Waals surface area contributed by atoms with Crippen LogP contribution in [0.3, 0.4) is 0 Å². The van der Waals surface area contributed by atoms with E-state index in [1.54, 1.807) is 0 Å². The van der Waals surface area contributed by atoms with Crippen LogP contribution in [-0.2, 0) is 14.4 Å². The van der Waals surface area contributed by atoms with Crippen molar-refractivity contribution in [1.29, 1.82) is 0 Å². The highest BCUT2D eigenvalue weighted by Crippen LogP contribution is 2.55. The molecule has 0 aromatic heterocycles. The minimum Gasteiger partial charge on any atom is -0.508 e. The highest BCUT2D eigenvalue weighted by atomic mass is 16.6. The Kier molecular flexibility index (Phi) is 5.47.